The number of anilines is 1. The van der Waals surface area contributed by atoms with E-state index in [1.54, 1.807) is 47.0 Å². The number of imide groups is 1. The van der Waals surface area contributed by atoms with Crippen LogP contribution in [-0.2, 0) is 0 Å². The van der Waals surface area contributed by atoms with Crippen molar-refractivity contribution in [3.8, 4) is 11.4 Å². The van der Waals surface area contributed by atoms with Crippen molar-refractivity contribution in [3.05, 3.63) is 66.2 Å². The van der Waals surface area contributed by atoms with Crippen LogP contribution in [0.4, 0.5) is 5.69 Å². The fourth-order valence-electron chi connectivity index (χ4n) is 2.76. The van der Waals surface area contributed by atoms with Gasteiger partial charge in [-0.15, -0.1) is 10.2 Å². The van der Waals surface area contributed by atoms with E-state index in [0.29, 0.717) is 28.3 Å². The highest BCUT2D eigenvalue weighted by molar-refractivity contribution is 6.34. The second-order valence-corrected chi connectivity index (χ2v) is 5.22. The molecule has 0 saturated carbocycles. The molecular formula is C17H12N4O3. The van der Waals surface area contributed by atoms with E-state index in [9.17, 15) is 9.59 Å². The minimum absolute atomic E-state index is 0.366. The fraction of sp³-hybridized carbons (Fsp3) is 0.0588. The maximum atomic E-state index is 12.7. The minimum Gasteiger partial charge on any atom is -0.495 e. The zero-order chi connectivity index (χ0) is 16.7. The summed E-state index contributed by atoms with van der Waals surface area (Å²) in [5, 5.41) is 7.53. The molecule has 3 aromatic rings. The number of ether oxygens (including phenoxy) is 1. The Morgan fingerprint density at radius 3 is 2.12 bits per heavy atom. The molecule has 0 spiro atoms. The first kappa shape index (κ1) is 14.1. The van der Waals surface area contributed by atoms with Gasteiger partial charge in [-0.05, 0) is 30.3 Å². The molecular weight excluding hydrogens is 308 g/mol. The van der Waals surface area contributed by atoms with Gasteiger partial charge < -0.3 is 4.74 Å². The fourth-order valence-corrected chi connectivity index (χ4v) is 2.76. The molecule has 0 bridgehead atoms. The van der Waals surface area contributed by atoms with Crippen LogP contribution in [0.1, 0.15) is 20.7 Å². The van der Waals surface area contributed by atoms with Crippen LogP contribution in [0.5, 0.6) is 5.75 Å². The van der Waals surface area contributed by atoms with Crippen LogP contribution in [0.2, 0.25) is 0 Å². The molecule has 118 valence electrons. The zero-order valence-electron chi connectivity index (χ0n) is 12.7. The van der Waals surface area contributed by atoms with E-state index in [1.165, 1.54) is 19.8 Å². The molecule has 7 nitrogen and oxygen atoms in total. The average molecular weight is 320 g/mol. The summed E-state index contributed by atoms with van der Waals surface area (Å²) >= 11 is 0. The summed E-state index contributed by atoms with van der Waals surface area (Å²) in [5.41, 5.74) is 1.88. The Morgan fingerprint density at radius 1 is 0.917 bits per heavy atom. The number of hydrogen-bond donors (Lipinski definition) is 0. The molecule has 2 aromatic carbocycles. The van der Waals surface area contributed by atoms with Crippen molar-refractivity contribution in [2.75, 3.05) is 12.0 Å². The lowest BCUT2D eigenvalue weighted by atomic mass is 10.1. The number of nitrogens with zero attached hydrogens (tertiary/aromatic N) is 4. The molecule has 1 aromatic heterocycles. The first-order valence-corrected chi connectivity index (χ1v) is 7.21. The lowest BCUT2D eigenvalue weighted by Crippen LogP contribution is -2.29. The summed E-state index contributed by atoms with van der Waals surface area (Å²) in [7, 11) is 1.50. The van der Waals surface area contributed by atoms with Crippen molar-refractivity contribution in [1.29, 1.82) is 0 Å². The van der Waals surface area contributed by atoms with Crippen LogP contribution in [0, 0.1) is 0 Å². The van der Waals surface area contributed by atoms with Gasteiger partial charge in [-0.3, -0.25) is 14.2 Å². The zero-order valence-corrected chi connectivity index (χ0v) is 12.7. The highest BCUT2D eigenvalue weighted by atomic mass is 16.5. The van der Waals surface area contributed by atoms with Crippen molar-refractivity contribution in [1.82, 2.24) is 14.8 Å². The number of carbonyl (C=O) groups excluding carboxylic acids is 2. The maximum Gasteiger partial charge on any atom is 0.266 e. The van der Waals surface area contributed by atoms with E-state index in [-0.39, 0.29) is 11.8 Å². The average Bonchev–Trinajstić information content (AvgIpc) is 3.23. The first-order chi connectivity index (χ1) is 11.7. The van der Waals surface area contributed by atoms with E-state index in [0.717, 1.165) is 4.90 Å². The van der Waals surface area contributed by atoms with Crippen molar-refractivity contribution in [2.45, 2.75) is 0 Å². The van der Waals surface area contributed by atoms with Crippen molar-refractivity contribution >= 4 is 17.5 Å². The van der Waals surface area contributed by atoms with Gasteiger partial charge >= 0.3 is 0 Å². The van der Waals surface area contributed by atoms with E-state index in [1.807, 2.05) is 0 Å². The minimum atomic E-state index is -0.366. The number of aromatic nitrogens is 3. The molecule has 0 saturated heterocycles. The highest BCUT2D eigenvalue weighted by Gasteiger charge is 2.37. The summed E-state index contributed by atoms with van der Waals surface area (Å²) in [6.07, 6.45) is 3.07. The Kier molecular flexibility index (Phi) is 3.13. The normalized spacial score (nSPS) is 13.3. The largest absolute Gasteiger partial charge is 0.495 e. The quantitative estimate of drug-likeness (QED) is 0.691. The first-order valence-electron chi connectivity index (χ1n) is 7.21. The molecule has 0 unspecified atom stereocenters. The van der Waals surface area contributed by atoms with Gasteiger partial charge in [0.05, 0.1) is 29.6 Å². The Morgan fingerprint density at radius 2 is 1.54 bits per heavy atom. The van der Waals surface area contributed by atoms with E-state index < -0.39 is 0 Å². The molecule has 24 heavy (non-hydrogen) atoms. The van der Waals surface area contributed by atoms with Gasteiger partial charge in [0, 0.05) is 0 Å². The number of amides is 2. The predicted octanol–water partition coefficient (Wildman–Crippen LogP) is 2.08. The molecule has 0 aliphatic carbocycles. The predicted molar refractivity (Wildman–Crippen MR) is 85.5 cm³/mol. The number of methoxy groups -OCH3 is 1. The molecule has 0 fully saturated rings. The Bertz CT molecular complexity index is 915. The van der Waals surface area contributed by atoms with Gasteiger partial charge in [0.1, 0.15) is 18.4 Å². The van der Waals surface area contributed by atoms with Crippen molar-refractivity contribution in [2.24, 2.45) is 0 Å². The third-order valence-corrected chi connectivity index (χ3v) is 3.91. The maximum absolute atomic E-state index is 12.7. The number of benzene rings is 2. The van der Waals surface area contributed by atoms with Crippen LogP contribution in [-0.4, -0.2) is 33.7 Å². The van der Waals surface area contributed by atoms with E-state index >= 15 is 0 Å². The summed E-state index contributed by atoms with van der Waals surface area (Å²) in [6, 6.07) is 12.0. The van der Waals surface area contributed by atoms with E-state index in [2.05, 4.69) is 10.2 Å². The number of hydrogen-bond acceptors (Lipinski definition) is 5. The standard InChI is InChI=1S/C17H12N4O3/c1-24-15-7-6-11(20-9-18-19-10-20)8-14(15)21-16(22)12-4-2-3-5-13(12)17(21)23/h2-10H,1H3. The molecule has 7 heteroatoms. The number of rotatable bonds is 3. The topological polar surface area (TPSA) is 77.3 Å². The van der Waals surface area contributed by atoms with Crippen molar-refractivity contribution in [3.63, 3.8) is 0 Å². The molecule has 0 radical (unpaired) electrons. The summed E-state index contributed by atoms with van der Waals surface area (Å²) < 4.78 is 7.02. The molecule has 1 aliphatic rings. The second-order valence-electron chi connectivity index (χ2n) is 5.22. The lowest BCUT2D eigenvalue weighted by Gasteiger charge is -2.18. The van der Waals surface area contributed by atoms with Crippen LogP contribution in [0.3, 0.4) is 0 Å². The number of carbonyl (C=O) groups is 2. The van der Waals surface area contributed by atoms with Crippen LogP contribution >= 0.6 is 0 Å². The Balaban J connectivity index is 1.86. The van der Waals surface area contributed by atoms with Gasteiger partial charge in [0.25, 0.3) is 11.8 Å². The second kappa shape index (κ2) is 5.31. The molecule has 0 atom stereocenters. The van der Waals surface area contributed by atoms with E-state index in [4.69, 9.17) is 4.74 Å². The van der Waals surface area contributed by atoms with Crippen LogP contribution < -0.4 is 9.64 Å². The van der Waals surface area contributed by atoms with Gasteiger partial charge in [0.2, 0.25) is 0 Å². The lowest BCUT2D eigenvalue weighted by molar-refractivity contribution is 0.0925. The number of fused-ring (bicyclic) bond motifs is 1. The van der Waals surface area contributed by atoms with Gasteiger partial charge in [0.15, 0.2) is 0 Å². The molecule has 2 heterocycles. The smallest absolute Gasteiger partial charge is 0.266 e. The third-order valence-electron chi connectivity index (χ3n) is 3.91. The van der Waals surface area contributed by atoms with Gasteiger partial charge in [-0.25, -0.2) is 4.90 Å². The molecule has 4 rings (SSSR count). The van der Waals surface area contributed by atoms with Gasteiger partial charge in [-0.2, -0.15) is 0 Å². The monoisotopic (exact) mass is 320 g/mol. The van der Waals surface area contributed by atoms with Crippen molar-refractivity contribution < 1.29 is 14.3 Å². The Labute approximate surface area is 137 Å². The molecule has 1 aliphatic heterocycles. The summed E-state index contributed by atoms with van der Waals surface area (Å²) in [6.45, 7) is 0. The van der Waals surface area contributed by atoms with Crippen LogP contribution in [0.15, 0.2) is 55.1 Å². The third kappa shape index (κ3) is 1.98. The highest BCUT2D eigenvalue weighted by Crippen LogP contribution is 2.36. The summed E-state index contributed by atoms with van der Waals surface area (Å²) in [5.74, 6) is -0.300. The van der Waals surface area contributed by atoms with Crippen LogP contribution in [0.25, 0.3) is 5.69 Å². The molecule has 2 amide bonds. The summed E-state index contributed by atoms with van der Waals surface area (Å²) in [4.78, 5) is 26.5. The Hall–Kier alpha value is -3.48. The molecule has 0 N–H and O–H groups in total. The SMILES string of the molecule is COc1ccc(-n2cnnc2)cc1N1C(=O)c2ccccc2C1=O. The van der Waals surface area contributed by atoms with Gasteiger partial charge in [-0.1, -0.05) is 12.1 Å².